The van der Waals surface area contributed by atoms with E-state index >= 15 is 0 Å². The van der Waals surface area contributed by atoms with Crippen molar-refractivity contribution in [2.24, 2.45) is 0 Å². The van der Waals surface area contributed by atoms with Crippen LogP contribution in [0.4, 0.5) is 0 Å². The highest BCUT2D eigenvalue weighted by Crippen LogP contribution is 2.38. The minimum absolute atomic E-state index is 0.820. The highest BCUT2D eigenvalue weighted by molar-refractivity contribution is 5.55. The molecule has 0 aliphatic rings. The number of hydrogen-bond donors (Lipinski definition) is 0. The third kappa shape index (κ3) is 8.36. The molecule has 6 rings (SSSR count). The number of hydrogen-bond acceptors (Lipinski definition) is 1. The first-order valence-electron chi connectivity index (χ1n) is 19.3. The van der Waals surface area contributed by atoms with Crippen molar-refractivity contribution in [3.63, 3.8) is 0 Å². The predicted molar refractivity (Wildman–Crippen MR) is 227 cm³/mol. The van der Waals surface area contributed by atoms with Gasteiger partial charge in [0.05, 0.1) is 0 Å². The minimum Gasteiger partial charge on any atom is -0.457 e. The van der Waals surface area contributed by atoms with Crippen LogP contribution in [0.2, 0.25) is 0 Å². The first-order chi connectivity index (χ1) is 25.2. The Morgan fingerprint density at radius 1 is 0.302 bits per heavy atom. The monoisotopic (exact) mass is 698 g/mol. The molecule has 6 aromatic carbocycles. The van der Waals surface area contributed by atoms with E-state index in [9.17, 15) is 0 Å². The highest BCUT2D eigenvalue weighted by atomic mass is 16.5. The maximum Gasteiger partial charge on any atom is 0.131 e. The zero-order valence-electron chi connectivity index (χ0n) is 34.3. The van der Waals surface area contributed by atoms with Gasteiger partial charge in [-0.05, 0) is 186 Å². The van der Waals surface area contributed by atoms with E-state index in [1.54, 1.807) is 0 Å². The lowest BCUT2D eigenvalue weighted by Gasteiger charge is -2.23. The summed E-state index contributed by atoms with van der Waals surface area (Å²) in [5.41, 5.74) is 26.8. The third-order valence-electron chi connectivity index (χ3n) is 11.5. The zero-order valence-corrected chi connectivity index (χ0v) is 34.3. The molecule has 0 fully saturated rings. The fraction of sp³-hybridized carbons (Fsp3) is 0.308. The molecule has 0 aromatic heterocycles. The van der Waals surface area contributed by atoms with Gasteiger partial charge >= 0.3 is 0 Å². The average Bonchev–Trinajstić information content (AvgIpc) is 3.05. The third-order valence-corrected chi connectivity index (χ3v) is 11.5. The molecule has 0 N–H and O–H groups in total. The summed E-state index contributed by atoms with van der Waals surface area (Å²) in [6.07, 6.45) is 3.38. The molecule has 0 bridgehead atoms. The lowest BCUT2D eigenvalue weighted by molar-refractivity contribution is 0.470. The van der Waals surface area contributed by atoms with Gasteiger partial charge in [-0.3, -0.25) is 0 Å². The standard InChI is InChI=1S/C52H58O/c1-31-19-35(5)45(36(6)20-31)27-43-15-13-17-51(49(43)29-47-39(9)23-33(3)24-40(47)10)53-52-18-14-16-44(28-46-37(7)21-32(2)22-38(46)8)50(52)30-48-41(11)25-34(4)26-42(48)12/h13-26H,27-30H2,1-12H3. The summed E-state index contributed by atoms with van der Waals surface area (Å²) in [6, 6.07) is 32.0. The van der Waals surface area contributed by atoms with Crippen molar-refractivity contribution in [2.45, 2.75) is 109 Å². The Bertz CT molecular complexity index is 2080. The van der Waals surface area contributed by atoms with Crippen molar-refractivity contribution in [2.75, 3.05) is 0 Å². The van der Waals surface area contributed by atoms with E-state index in [1.165, 1.54) is 111 Å². The van der Waals surface area contributed by atoms with Crippen LogP contribution >= 0.6 is 0 Å². The Hall–Kier alpha value is -4.88. The van der Waals surface area contributed by atoms with Crippen LogP contribution in [-0.2, 0) is 25.7 Å². The topological polar surface area (TPSA) is 9.23 Å². The van der Waals surface area contributed by atoms with E-state index in [1.807, 2.05) is 0 Å². The lowest BCUT2D eigenvalue weighted by Crippen LogP contribution is -2.07. The van der Waals surface area contributed by atoms with Crippen LogP contribution in [0.15, 0.2) is 84.9 Å². The summed E-state index contributed by atoms with van der Waals surface area (Å²) >= 11 is 0. The highest BCUT2D eigenvalue weighted by Gasteiger charge is 2.20. The van der Waals surface area contributed by atoms with E-state index in [2.05, 4.69) is 168 Å². The molecule has 0 saturated carbocycles. The molecule has 0 unspecified atom stereocenters. The molecule has 1 heteroatoms. The summed E-state index contributed by atoms with van der Waals surface area (Å²) < 4.78 is 7.31. The maximum atomic E-state index is 7.31. The predicted octanol–water partition coefficient (Wildman–Crippen LogP) is 13.5. The zero-order chi connectivity index (χ0) is 38.1. The molecule has 0 atom stereocenters. The number of benzene rings is 6. The summed E-state index contributed by atoms with van der Waals surface area (Å²) in [6.45, 7) is 26.8. The molecular weight excluding hydrogens is 641 g/mol. The summed E-state index contributed by atoms with van der Waals surface area (Å²) in [7, 11) is 0. The molecule has 0 saturated heterocycles. The smallest absolute Gasteiger partial charge is 0.131 e. The Balaban J connectivity index is 1.52. The minimum atomic E-state index is 0.820. The molecule has 0 amide bonds. The Morgan fingerprint density at radius 2 is 0.547 bits per heavy atom. The van der Waals surface area contributed by atoms with Gasteiger partial charge in [-0.2, -0.15) is 0 Å². The molecule has 53 heavy (non-hydrogen) atoms. The summed E-state index contributed by atoms with van der Waals surface area (Å²) in [5.74, 6) is 1.89. The fourth-order valence-electron chi connectivity index (χ4n) is 8.95. The van der Waals surface area contributed by atoms with E-state index in [0.29, 0.717) is 0 Å². The van der Waals surface area contributed by atoms with Gasteiger partial charge in [-0.15, -0.1) is 0 Å². The van der Waals surface area contributed by atoms with Gasteiger partial charge in [0.25, 0.3) is 0 Å². The quantitative estimate of drug-likeness (QED) is 0.138. The Labute approximate surface area is 320 Å². The number of aryl methyl sites for hydroxylation is 12. The van der Waals surface area contributed by atoms with Crippen LogP contribution in [0.3, 0.4) is 0 Å². The second-order valence-corrected chi connectivity index (χ2v) is 16.1. The lowest BCUT2D eigenvalue weighted by atomic mass is 9.87. The largest absolute Gasteiger partial charge is 0.457 e. The molecule has 0 heterocycles. The van der Waals surface area contributed by atoms with Gasteiger partial charge in [-0.1, -0.05) is 95.1 Å². The van der Waals surface area contributed by atoms with Crippen LogP contribution in [0.1, 0.15) is 111 Å². The number of ether oxygens (including phenoxy) is 1. The van der Waals surface area contributed by atoms with Crippen molar-refractivity contribution in [3.05, 3.63) is 196 Å². The van der Waals surface area contributed by atoms with Crippen LogP contribution < -0.4 is 4.74 Å². The van der Waals surface area contributed by atoms with Gasteiger partial charge in [0.2, 0.25) is 0 Å². The first kappa shape index (κ1) is 37.9. The SMILES string of the molecule is Cc1cc(C)c(Cc2cccc(Oc3cccc(Cc4c(C)cc(C)cc4C)c3Cc3c(C)cc(C)cc3C)c2Cc2c(C)cc(C)cc2C)c(C)c1. The Kier molecular flexibility index (Phi) is 11.2. The maximum absolute atomic E-state index is 7.31. The van der Waals surface area contributed by atoms with E-state index in [0.717, 1.165) is 37.2 Å². The van der Waals surface area contributed by atoms with Gasteiger partial charge in [0, 0.05) is 24.0 Å². The van der Waals surface area contributed by atoms with Crippen molar-refractivity contribution in [3.8, 4) is 11.5 Å². The first-order valence-corrected chi connectivity index (χ1v) is 19.3. The molecular formula is C52H58O. The van der Waals surface area contributed by atoms with E-state index in [4.69, 9.17) is 4.74 Å². The van der Waals surface area contributed by atoms with Crippen molar-refractivity contribution in [1.82, 2.24) is 0 Å². The fourth-order valence-corrected chi connectivity index (χ4v) is 8.95. The van der Waals surface area contributed by atoms with Gasteiger partial charge < -0.3 is 4.74 Å². The molecule has 272 valence electrons. The van der Waals surface area contributed by atoms with Gasteiger partial charge in [0.15, 0.2) is 0 Å². The molecule has 0 radical (unpaired) electrons. The summed E-state index contributed by atoms with van der Waals surface area (Å²) in [5, 5.41) is 0. The molecule has 0 aliphatic carbocycles. The number of rotatable bonds is 10. The molecule has 0 spiro atoms. The second-order valence-electron chi connectivity index (χ2n) is 16.1. The molecule has 6 aromatic rings. The Morgan fingerprint density at radius 3 is 0.811 bits per heavy atom. The molecule has 0 aliphatic heterocycles. The second kappa shape index (κ2) is 15.6. The van der Waals surface area contributed by atoms with Crippen LogP contribution in [0, 0.1) is 83.1 Å². The van der Waals surface area contributed by atoms with Crippen molar-refractivity contribution in [1.29, 1.82) is 0 Å². The van der Waals surface area contributed by atoms with Gasteiger partial charge in [-0.25, -0.2) is 0 Å². The van der Waals surface area contributed by atoms with Crippen molar-refractivity contribution < 1.29 is 4.74 Å². The van der Waals surface area contributed by atoms with Crippen LogP contribution in [0.25, 0.3) is 0 Å². The summed E-state index contributed by atoms with van der Waals surface area (Å²) in [4.78, 5) is 0. The molecule has 1 nitrogen and oxygen atoms in total. The van der Waals surface area contributed by atoms with Gasteiger partial charge in [0.1, 0.15) is 11.5 Å². The normalized spacial score (nSPS) is 11.3. The van der Waals surface area contributed by atoms with Crippen molar-refractivity contribution >= 4 is 0 Å². The average molecular weight is 699 g/mol. The van der Waals surface area contributed by atoms with Crippen LogP contribution in [0.5, 0.6) is 11.5 Å². The van der Waals surface area contributed by atoms with Crippen LogP contribution in [-0.4, -0.2) is 0 Å². The van der Waals surface area contributed by atoms with E-state index < -0.39 is 0 Å². The van der Waals surface area contributed by atoms with E-state index in [-0.39, 0.29) is 0 Å².